The van der Waals surface area contributed by atoms with Crippen molar-refractivity contribution in [2.45, 2.75) is 38.3 Å². The zero-order valence-electron chi connectivity index (χ0n) is 22.0. The van der Waals surface area contributed by atoms with Gasteiger partial charge in [-0.25, -0.2) is 4.79 Å². The summed E-state index contributed by atoms with van der Waals surface area (Å²) < 4.78 is 11.2. The molecule has 0 aliphatic rings. The van der Waals surface area contributed by atoms with E-state index >= 15 is 0 Å². The second kappa shape index (κ2) is 14.2. The molecule has 0 saturated carbocycles. The van der Waals surface area contributed by atoms with Gasteiger partial charge in [0.05, 0.1) is 14.2 Å². The lowest BCUT2D eigenvalue weighted by Crippen LogP contribution is -2.34. The number of methoxy groups -OCH3 is 2. The molecule has 0 aliphatic heterocycles. The standard InChI is InChI=1S/C20H22BrNO3.C9H10BrNO2/c1-20(2,3)15-9-5-14(6-10-15)18(23)22-17(19(24)25-4)13-7-11-16(21)12-8-13;1-13-9(12)8(11)6-2-4-7(10)5-3-6/h5-12,17H,1-4H3,(H,22,23);2-5,8H,11H2,1H3. The van der Waals surface area contributed by atoms with Crippen LogP contribution in [0.25, 0.3) is 0 Å². The zero-order valence-corrected chi connectivity index (χ0v) is 25.1. The van der Waals surface area contributed by atoms with Crippen LogP contribution >= 0.6 is 31.9 Å². The van der Waals surface area contributed by atoms with Crippen LogP contribution in [-0.4, -0.2) is 32.1 Å². The molecular weight excluding hydrogens is 616 g/mol. The Morgan fingerprint density at radius 3 is 1.61 bits per heavy atom. The van der Waals surface area contributed by atoms with E-state index in [0.717, 1.165) is 20.1 Å². The van der Waals surface area contributed by atoms with E-state index in [1.54, 1.807) is 36.4 Å². The minimum Gasteiger partial charge on any atom is -0.468 e. The lowest BCUT2D eigenvalue weighted by Gasteiger charge is -2.20. The number of halogens is 2. The van der Waals surface area contributed by atoms with Crippen molar-refractivity contribution in [3.8, 4) is 0 Å². The maximum atomic E-state index is 12.5. The van der Waals surface area contributed by atoms with E-state index in [2.05, 4.69) is 62.7 Å². The van der Waals surface area contributed by atoms with Crippen LogP contribution in [0, 0.1) is 0 Å². The number of hydrogen-bond donors (Lipinski definition) is 2. The third-order valence-electron chi connectivity index (χ3n) is 5.61. The number of carbonyl (C=O) groups excluding carboxylic acids is 3. The van der Waals surface area contributed by atoms with Crippen LogP contribution in [0.5, 0.6) is 0 Å². The highest BCUT2D eigenvalue weighted by atomic mass is 79.9. The second-order valence-corrected chi connectivity index (χ2v) is 11.2. The molecule has 3 N–H and O–H groups in total. The lowest BCUT2D eigenvalue weighted by atomic mass is 9.86. The summed E-state index contributed by atoms with van der Waals surface area (Å²) in [5.74, 6) is -1.26. The monoisotopic (exact) mass is 646 g/mol. The molecule has 9 heteroatoms. The largest absolute Gasteiger partial charge is 0.468 e. The number of benzene rings is 3. The summed E-state index contributed by atoms with van der Waals surface area (Å²) in [5, 5.41) is 2.75. The van der Waals surface area contributed by atoms with E-state index in [1.807, 2.05) is 36.4 Å². The number of nitrogens with two attached hydrogens (primary N) is 1. The average Bonchev–Trinajstić information content (AvgIpc) is 2.91. The normalized spacial score (nSPS) is 12.3. The summed E-state index contributed by atoms with van der Waals surface area (Å²) in [6, 6.07) is 20.3. The van der Waals surface area contributed by atoms with E-state index < -0.39 is 24.0 Å². The Balaban J connectivity index is 0.000000328. The van der Waals surface area contributed by atoms with Crippen molar-refractivity contribution < 1.29 is 23.9 Å². The fraction of sp³-hybridized carbons (Fsp3) is 0.276. The van der Waals surface area contributed by atoms with E-state index in [4.69, 9.17) is 10.5 Å². The maximum Gasteiger partial charge on any atom is 0.333 e. The predicted molar refractivity (Wildman–Crippen MR) is 155 cm³/mol. The lowest BCUT2D eigenvalue weighted by molar-refractivity contribution is -0.143. The van der Waals surface area contributed by atoms with E-state index in [9.17, 15) is 14.4 Å². The van der Waals surface area contributed by atoms with Gasteiger partial charge in [0.25, 0.3) is 5.91 Å². The van der Waals surface area contributed by atoms with Crippen molar-refractivity contribution in [1.29, 1.82) is 0 Å². The van der Waals surface area contributed by atoms with Crippen molar-refractivity contribution in [3.63, 3.8) is 0 Å². The van der Waals surface area contributed by atoms with Gasteiger partial charge in [-0.2, -0.15) is 0 Å². The third-order valence-corrected chi connectivity index (χ3v) is 6.67. The fourth-order valence-corrected chi connectivity index (χ4v) is 3.85. The van der Waals surface area contributed by atoms with Crippen molar-refractivity contribution in [2.75, 3.05) is 14.2 Å². The van der Waals surface area contributed by atoms with Crippen molar-refractivity contribution in [2.24, 2.45) is 5.73 Å². The Kier molecular flexibility index (Phi) is 11.7. The van der Waals surface area contributed by atoms with E-state index in [-0.39, 0.29) is 11.3 Å². The van der Waals surface area contributed by atoms with Crippen molar-refractivity contribution in [3.05, 3.63) is 104 Å². The molecule has 0 radical (unpaired) electrons. The van der Waals surface area contributed by atoms with Gasteiger partial charge in [-0.3, -0.25) is 9.59 Å². The minimum absolute atomic E-state index is 0.0149. The first kappa shape index (κ1) is 31.2. The van der Waals surface area contributed by atoms with Crippen LogP contribution in [0.4, 0.5) is 0 Å². The predicted octanol–water partition coefficient (Wildman–Crippen LogP) is 6.01. The Bertz CT molecular complexity index is 1220. The number of ether oxygens (including phenoxy) is 2. The summed E-state index contributed by atoms with van der Waals surface area (Å²) in [5.41, 5.74) is 8.67. The van der Waals surface area contributed by atoms with Crippen molar-refractivity contribution >= 4 is 49.7 Å². The smallest absolute Gasteiger partial charge is 0.333 e. The number of rotatable bonds is 6. The zero-order chi connectivity index (χ0) is 28.5. The number of esters is 2. The van der Waals surface area contributed by atoms with Crippen LogP contribution in [0.15, 0.2) is 81.7 Å². The molecule has 0 heterocycles. The summed E-state index contributed by atoms with van der Waals surface area (Å²) in [7, 11) is 2.62. The molecule has 202 valence electrons. The average molecular weight is 648 g/mol. The molecule has 0 spiro atoms. The SMILES string of the molecule is COC(=O)C(N)c1ccc(Br)cc1.COC(=O)C(NC(=O)c1ccc(C(C)(C)C)cc1)c1ccc(Br)cc1. The van der Waals surface area contributed by atoms with Gasteiger partial charge in [-0.15, -0.1) is 0 Å². The molecule has 0 bridgehead atoms. The number of carbonyl (C=O) groups is 3. The summed E-state index contributed by atoms with van der Waals surface area (Å²) in [4.78, 5) is 35.7. The molecule has 3 aromatic rings. The summed E-state index contributed by atoms with van der Waals surface area (Å²) >= 11 is 6.65. The molecular formula is C29H32Br2N2O5. The first-order chi connectivity index (χ1) is 17.9. The van der Waals surface area contributed by atoms with Gasteiger partial charge >= 0.3 is 11.9 Å². The fourth-order valence-electron chi connectivity index (χ4n) is 3.32. The quantitative estimate of drug-likeness (QED) is 0.317. The number of amides is 1. The molecule has 7 nitrogen and oxygen atoms in total. The Hall–Kier alpha value is -3.01. The van der Waals surface area contributed by atoms with Crippen LogP contribution < -0.4 is 11.1 Å². The van der Waals surface area contributed by atoms with E-state index in [0.29, 0.717) is 11.1 Å². The van der Waals surface area contributed by atoms with Gasteiger partial charge in [0.15, 0.2) is 6.04 Å². The highest BCUT2D eigenvalue weighted by molar-refractivity contribution is 9.10. The minimum atomic E-state index is -0.854. The molecule has 3 aromatic carbocycles. The molecule has 38 heavy (non-hydrogen) atoms. The van der Waals surface area contributed by atoms with Gasteiger partial charge in [0.2, 0.25) is 0 Å². The van der Waals surface area contributed by atoms with Crippen LogP contribution in [0.2, 0.25) is 0 Å². The van der Waals surface area contributed by atoms with Crippen LogP contribution in [-0.2, 0) is 24.5 Å². The molecule has 0 fully saturated rings. The molecule has 0 aromatic heterocycles. The molecule has 1 amide bonds. The Morgan fingerprint density at radius 2 is 1.18 bits per heavy atom. The summed E-state index contributed by atoms with van der Waals surface area (Å²) in [6.45, 7) is 6.34. The van der Waals surface area contributed by atoms with Gasteiger partial charge in [-0.05, 0) is 58.5 Å². The van der Waals surface area contributed by atoms with Gasteiger partial charge in [-0.1, -0.05) is 89.0 Å². The molecule has 0 saturated heterocycles. The Morgan fingerprint density at radius 1 is 0.737 bits per heavy atom. The molecule has 3 rings (SSSR count). The number of nitrogens with one attached hydrogen (secondary N) is 1. The first-order valence-electron chi connectivity index (χ1n) is 11.7. The Labute approximate surface area is 240 Å². The molecule has 2 atom stereocenters. The van der Waals surface area contributed by atoms with Crippen LogP contribution in [0.3, 0.4) is 0 Å². The highest BCUT2D eigenvalue weighted by Gasteiger charge is 2.24. The van der Waals surface area contributed by atoms with Gasteiger partial charge in [0, 0.05) is 14.5 Å². The molecule has 2 unspecified atom stereocenters. The molecule has 0 aliphatic carbocycles. The van der Waals surface area contributed by atoms with Crippen molar-refractivity contribution in [1.82, 2.24) is 5.32 Å². The first-order valence-corrected chi connectivity index (χ1v) is 13.3. The van der Waals surface area contributed by atoms with E-state index in [1.165, 1.54) is 14.2 Å². The summed E-state index contributed by atoms with van der Waals surface area (Å²) in [6.07, 6.45) is 0. The maximum absolute atomic E-state index is 12.5. The highest BCUT2D eigenvalue weighted by Crippen LogP contribution is 2.23. The van der Waals surface area contributed by atoms with Gasteiger partial charge in [0.1, 0.15) is 6.04 Å². The third kappa shape index (κ3) is 9.08. The van der Waals surface area contributed by atoms with Gasteiger partial charge < -0.3 is 20.5 Å². The number of hydrogen-bond acceptors (Lipinski definition) is 6. The topological polar surface area (TPSA) is 108 Å². The second-order valence-electron chi connectivity index (χ2n) is 9.36. The van der Waals surface area contributed by atoms with Crippen LogP contribution in [0.1, 0.15) is 59.9 Å².